The molecule has 0 radical (unpaired) electrons. The van der Waals surface area contributed by atoms with E-state index in [1.807, 2.05) is 84.9 Å². The Kier molecular flexibility index (Phi) is 21.5. The van der Waals surface area contributed by atoms with E-state index < -0.39 is 0 Å². The lowest BCUT2D eigenvalue weighted by Gasteiger charge is -2.21. The monoisotopic (exact) mass is 1830 g/mol. The first-order valence-electron chi connectivity index (χ1n) is 48.1. The van der Waals surface area contributed by atoms with Crippen LogP contribution in [0.2, 0.25) is 0 Å². The third-order valence-corrected chi connectivity index (χ3v) is 28.9. The molecule has 3 aliphatic rings. The van der Waals surface area contributed by atoms with Crippen molar-refractivity contribution in [1.29, 1.82) is 15.8 Å². The van der Waals surface area contributed by atoms with Crippen LogP contribution < -0.4 is 0 Å². The second-order valence-corrected chi connectivity index (χ2v) is 38.3. The quantitative estimate of drug-likeness (QED) is 0.113. The normalized spacial score (nSPS) is 12.8. The average Bonchev–Trinajstić information content (AvgIpc) is 1.57. The fourth-order valence-corrected chi connectivity index (χ4v) is 21.7. The molecule has 0 bridgehead atoms. The largest absolute Gasteiger partial charge is 0.208 e. The highest BCUT2D eigenvalue weighted by Crippen LogP contribution is 2.57. The van der Waals surface area contributed by atoms with Crippen molar-refractivity contribution in [3.63, 3.8) is 0 Å². The van der Waals surface area contributed by atoms with Crippen molar-refractivity contribution in [1.82, 2.24) is 44.9 Å². The van der Waals surface area contributed by atoms with Crippen molar-refractivity contribution in [2.24, 2.45) is 0 Å². The third kappa shape index (κ3) is 15.3. The maximum Gasteiger partial charge on any atom is 0.164 e. The molecule has 0 unspecified atom stereocenters. The Labute approximate surface area is 828 Å². The van der Waals surface area contributed by atoms with Crippen molar-refractivity contribution in [2.75, 3.05) is 0 Å². The van der Waals surface area contributed by atoms with Gasteiger partial charge in [-0.2, -0.15) is 15.8 Å². The number of hydrogen-bond acceptors (Lipinski definition) is 12. The molecule has 0 N–H and O–H groups in total. The Morgan fingerprint density at radius 3 is 0.678 bits per heavy atom. The molecule has 3 aromatic heterocycles. The number of benzene rings is 20. The number of nitrogens with zero attached hydrogens (tertiary/aromatic N) is 12. The molecule has 0 atom stereocenters. The van der Waals surface area contributed by atoms with Crippen molar-refractivity contribution in [3.8, 4) is 187 Å². The fraction of sp³-hybridized carbons (Fsp3) is 0.0687. The van der Waals surface area contributed by atoms with Gasteiger partial charge in [-0.15, -0.1) is 0 Å². The molecular weight excluding hydrogens is 1740 g/mol. The number of fused-ring (bicyclic) bond motifs is 14. The zero-order valence-electron chi connectivity index (χ0n) is 79.3. The van der Waals surface area contributed by atoms with Crippen LogP contribution in [0.25, 0.3) is 223 Å². The zero-order valence-corrected chi connectivity index (χ0v) is 79.3. The number of nitriles is 3. The van der Waals surface area contributed by atoms with E-state index in [4.69, 9.17) is 44.9 Å². The lowest BCUT2D eigenvalue weighted by atomic mass is 9.82. The number of rotatable bonds is 12. The van der Waals surface area contributed by atoms with Crippen LogP contribution in [0.3, 0.4) is 0 Å². The molecule has 0 saturated heterocycles. The molecule has 0 aliphatic heterocycles. The molecule has 0 fully saturated rings. The highest BCUT2D eigenvalue weighted by molar-refractivity contribution is 6.03. The number of hydrogen-bond donors (Lipinski definition) is 0. The zero-order chi connectivity index (χ0) is 96.8. The Bertz CT molecular complexity index is 9070. The van der Waals surface area contributed by atoms with Crippen LogP contribution >= 0.6 is 0 Å². The first-order valence-corrected chi connectivity index (χ1v) is 48.1. The molecule has 23 aromatic rings. The summed E-state index contributed by atoms with van der Waals surface area (Å²) in [5.74, 6) is 5.66. The summed E-state index contributed by atoms with van der Waals surface area (Å²) in [6, 6.07) is 154. The summed E-state index contributed by atoms with van der Waals surface area (Å²) in [6.45, 7) is 13.5. The van der Waals surface area contributed by atoms with Crippen LogP contribution in [0.15, 0.2) is 425 Å². The van der Waals surface area contributed by atoms with Gasteiger partial charge < -0.3 is 0 Å². The first-order chi connectivity index (χ1) is 70.0. The molecule has 0 amide bonds. The van der Waals surface area contributed by atoms with E-state index in [9.17, 15) is 15.8 Å². The van der Waals surface area contributed by atoms with Crippen LogP contribution in [-0.2, 0) is 16.2 Å². The summed E-state index contributed by atoms with van der Waals surface area (Å²) < 4.78 is 0. The molecule has 672 valence electrons. The molecule has 0 saturated carbocycles. The van der Waals surface area contributed by atoms with Gasteiger partial charge in [0.05, 0.1) is 34.9 Å². The van der Waals surface area contributed by atoms with E-state index >= 15 is 0 Å². The molecule has 12 nitrogen and oxygen atoms in total. The van der Waals surface area contributed by atoms with Gasteiger partial charge in [-0.25, -0.2) is 44.9 Å². The van der Waals surface area contributed by atoms with Crippen molar-refractivity contribution in [3.05, 3.63) is 475 Å². The van der Waals surface area contributed by atoms with Gasteiger partial charge in [-0.3, -0.25) is 0 Å². The van der Waals surface area contributed by atoms with Gasteiger partial charge in [0.1, 0.15) is 0 Å². The molecule has 20 aromatic carbocycles. The minimum Gasteiger partial charge on any atom is -0.208 e. The first kappa shape index (κ1) is 87.0. The smallest absolute Gasteiger partial charge is 0.164 e. The minimum atomic E-state index is -0.200. The second kappa shape index (κ2) is 35.3. The number of aromatic nitrogens is 9. The maximum atomic E-state index is 10.1. The summed E-state index contributed by atoms with van der Waals surface area (Å²) >= 11 is 0. The Morgan fingerprint density at radius 2 is 0.371 bits per heavy atom. The lowest BCUT2D eigenvalue weighted by Crippen LogP contribution is -2.14. The van der Waals surface area contributed by atoms with E-state index in [0.29, 0.717) is 69.1 Å². The van der Waals surface area contributed by atoms with Gasteiger partial charge in [0.15, 0.2) is 52.4 Å². The molecular formula is C131H88N12. The summed E-state index contributed by atoms with van der Waals surface area (Å²) in [4.78, 5) is 45.3. The molecule has 0 spiro atoms. The topological polar surface area (TPSA) is 187 Å². The van der Waals surface area contributed by atoms with Crippen LogP contribution in [0.4, 0.5) is 0 Å². The fourth-order valence-electron chi connectivity index (χ4n) is 21.7. The lowest BCUT2D eigenvalue weighted by molar-refractivity contribution is 0.660. The summed E-state index contributed by atoms with van der Waals surface area (Å²) in [7, 11) is 0. The summed E-state index contributed by atoms with van der Waals surface area (Å²) in [5, 5.41) is 41.5. The predicted octanol–water partition coefficient (Wildman–Crippen LogP) is 31.9. The van der Waals surface area contributed by atoms with Crippen molar-refractivity contribution in [2.45, 2.75) is 57.8 Å². The SMILES string of the molecule is CC1(C)c2cccc(C#N)c2-c2c(-c3ccc(-c4nc(-c5ccc6ccccc6c5)nc(-c5ccc6ccccc6c5)n4)cc3)cccc21.CC1(C)c2cccc(C#N)c2-c2c(-c3ccc(-c4nc(-c5cccc6ccccc56)nc(-c5cccc6ccccc56)n4)cc3)cccc21.CC1(C)c2cccc(C#N)c2-c2c(-c3ccc(-c4nc(-c5ccccc5)nc(-c5cccc6ccccc56)n4)cc3)cccc21. The Hall–Kier alpha value is -18.8. The molecule has 3 heterocycles. The van der Waals surface area contributed by atoms with Crippen LogP contribution in [0.5, 0.6) is 0 Å². The standard InChI is InChI=1S/2C45H30N4.C41H28N4/c1-45(2)38-21-9-15-32(27-46)40(38)41-35(18-10-22-39(41)45)30-23-25-31(26-24-30)42-47-43(36-19-7-13-28-11-3-5-16-33(28)36)49-44(48-42)37-20-8-14-29-12-4-6-17-34(29)37;1-45(2)38-15-7-13-36(27-46)40(38)41-37(14-8-16-39(41)45)30-19-21-31(22-20-30)42-47-43(34-23-17-28-9-3-5-11-32(28)25-34)49-44(48-42)35-24-18-29-10-4-6-12-33(29)26-35;1-41(2)34-19-9-15-30(25-42)36(34)37-32(17-10-20-35(37)41)27-21-23-29(24-22-27)39-43-38(28-12-4-3-5-13-28)44-40(45-39)33-18-8-14-26-11-6-7-16-31(26)33/h2*3-26H,1-2H3;3-24H,1-2H3. The molecule has 12 heteroatoms. The predicted molar refractivity (Wildman–Crippen MR) is 579 cm³/mol. The Morgan fingerprint density at radius 1 is 0.161 bits per heavy atom. The second-order valence-electron chi connectivity index (χ2n) is 38.3. The molecule has 143 heavy (non-hydrogen) atoms. The van der Waals surface area contributed by atoms with Crippen LogP contribution in [-0.4, -0.2) is 44.9 Å². The van der Waals surface area contributed by atoms with E-state index in [-0.39, 0.29) is 16.2 Å². The minimum absolute atomic E-state index is 0.190. The average molecular weight is 1830 g/mol. The summed E-state index contributed by atoms with van der Waals surface area (Å²) in [5.41, 5.74) is 30.4. The van der Waals surface area contributed by atoms with Gasteiger partial charge in [0.25, 0.3) is 0 Å². The highest BCUT2D eigenvalue weighted by atomic mass is 15.1. The molecule has 3 aliphatic carbocycles. The van der Waals surface area contributed by atoms with E-state index in [2.05, 4.69) is 399 Å². The maximum absolute atomic E-state index is 10.1. The van der Waals surface area contributed by atoms with Gasteiger partial charge in [0, 0.05) is 83.0 Å². The van der Waals surface area contributed by atoms with Gasteiger partial charge in [0.2, 0.25) is 0 Å². The van der Waals surface area contributed by atoms with Crippen molar-refractivity contribution >= 4 is 53.9 Å². The van der Waals surface area contributed by atoms with Crippen LogP contribution in [0.1, 0.15) is 91.6 Å². The van der Waals surface area contributed by atoms with E-state index in [1.54, 1.807) is 0 Å². The van der Waals surface area contributed by atoms with Gasteiger partial charge >= 0.3 is 0 Å². The van der Waals surface area contributed by atoms with Gasteiger partial charge in [-0.05, 0) is 168 Å². The molecule has 26 rings (SSSR count). The van der Waals surface area contributed by atoms with E-state index in [0.717, 1.165) is 160 Å². The van der Waals surface area contributed by atoms with Crippen molar-refractivity contribution < 1.29 is 0 Å². The van der Waals surface area contributed by atoms with E-state index in [1.165, 1.54) is 44.2 Å². The summed E-state index contributed by atoms with van der Waals surface area (Å²) in [6.07, 6.45) is 0. The van der Waals surface area contributed by atoms with Gasteiger partial charge in [-0.1, -0.05) is 436 Å². The Balaban J connectivity index is 0.000000116. The third-order valence-electron chi connectivity index (χ3n) is 28.9. The van der Waals surface area contributed by atoms with Crippen LogP contribution in [0, 0.1) is 34.0 Å². The highest BCUT2D eigenvalue weighted by Gasteiger charge is 2.42.